The van der Waals surface area contributed by atoms with Crippen LogP contribution in [-0.4, -0.2) is 32.8 Å². The number of nitrogens with one attached hydrogen (secondary N) is 1. The zero-order chi connectivity index (χ0) is 23.3. The highest BCUT2D eigenvalue weighted by molar-refractivity contribution is 7.87. The molecular formula is C23H22N2O6S. The van der Waals surface area contributed by atoms with Crippen LogP contribution < -0.4 is 14.3 Å². The number of amides is 1. The minimum Gasteiger partial charge on any atom is -0.508 e. The van der Waals surface area contributed by atoms with Crippen molar-refractivity contribution in [2.24, 2.45) is 5.10 Å². The monoisotopic (exact) mass is 454 g/mol. The lowest BCUT2D eigenvalue weighted by Gasteiger charge is -2.13. The maximum absolute atomic E-state index is 12.8. The third kappa shape index (κ3) is 5.44. The summed E-state index contributed by atoms with van der Waals surface area (Å²) < 4.78 is 36.1. The number of aryl methyl sites for hydroxylation is 2. The van der Waals surface area contributed by atoms with Crippen LogP contribution in [0.1, 0.15) is 27.0 Å². The van der Waals surface area contributed by atoms with E-state index in [1.54, 1.807) is 32.0 Å². The van der Waals surface area contributed by atoms with Gasteiger partial charge in [-0.15, -0.1) is 0 Å². The molecule has 166 valence electrons. The number of aromatic hydroxyl groups is 1. The average Bonchev–Trinajstić information content (AvgIpc) is 2.76. The fraction of sp³-hybridized carbons (Fsp3) is 0.130. The summed E-state index contributed by atoms with van der Waals surface area (Å²) in [4.78, 5) is 12.1. The van der Waals surface area contributed by atoms with Crippen LogP contribution in [0.25, 0.3) is 0 Å². The molecule has 0 bridgehead atoms. The molecule has 1 amide bonds. The quantitative estimate of drug-likeness (QED) is 0.321. The Morgan fingerprint density at radius 2 is 1.72 bits per heavy atom. The molecule has 3 aromatic rings. The third-order valence-electron chi connectivity index (χ3n) is 4.51. The maximum Gasteiger partial charge on any atom is 0.339 e. The molecule has 32 heavy (non-hydrogen) atoms. The molecule has 0 saturated carbocycles. The van der Waals surface area contributed by atoms with Crippen molar-refractivity contribution < 1.29 is 27.2 Å². The molecule has 3 aromatic carbocycles. The van der Waals surface area contributed by atoms with Gasteiger partial charge in [0.2, 0.25) is 0 Å². The number of carbonyl (C=O) groups excluding carboxylic acids is 1. The number of phenols is 1. The number of phenolic OH excluding ortho intramolecular Hbond substituents is 1. The summed E-state index contributed by atoms with van der Waals surface area (Å²) in [6.07, 6.45) is 1.38. The van der Waals surface area contributed by atoms with Crippen molar-refractivity contribution in [3.05, 3.63) is 82.9 Å². The van der Waals surface area contributed by atoms with E-state index in [-0.39, 0.29) is 22.1 Å². The van der Waals surface area contributed by atoms with Crippen LogP contribution in [0.3, 0.4) is 0 Å². The van der Waals surface area contributed by atoms with Gasteiger partial charge < -0.3 is 14.0 Å². The molecule has 0 atom stereocenters. The van der Waals surface area contributed by atoms with Crippen molar-refractivity contribution in [1.29, 1.82) is 0 Å². The van der Waals surface area contributed by atoms with Gasteiger partial charge in [0.05, 0.1) is 13.3 Å². The maximum atomic E-state index is 12.8. The smallest absolute Gasteiger partial charge is 0.339 e. The summed E-state index contributed by atoms with van der Waals surface area (Å²) in [5.41, 5.74) is 4.62. The SMILES string of the molecule is COc1cc(/C=N/NC(=O)c2ccc(O)cc2)ccc1OS(=O)(=O)c1cc(C)ccc1C. The van der Waals surface area contributed by atoms with Crippen molar-refractivity contribution in [1.82, 2.24) is 5.43 Å². The van der Waals surface area contributed by atoms with Gasteiger partial charge in [0.25, 0.3) is 5.91 Å². The van der Waals surface area contributed by atoms with Crippen molar-refractivity contribution in [2.75, 3.05) is 7.11 Å². The molecular weight excluding hydrogens is 432 g/mol. The Morgan fingerprint density at radius 3 is 2.41 bits per heavy atom. The number of hydrogen-bond donors (Lipinski definition) is 2. The first-order valence-corrected chi connectivity index (χ1v) is 10.9. The Morgan fingerprint density at radius 1 is 1.00 bits per heavy atom. The summed E-state index contributed by atoms with van der Waals surface area (Å²) in [5.74, 6) is -0.182. The second-order valence-electron chi connectivity index (χ2n) is 6.96. The first-order valence-electron chi connectivity index (χ1n) is 9.52. The Hall–Kier alpha value is -3.85. The molecule has 2 N–H and O–H groups in total. The lowest BCUT2D eigenvalue weighted by atomic mass is 10.2. The number of hydrogen-bond acceptors (Lipinski definition) is 7. The van der Waals surface area contributed by atoms with Crippen LogP contribution >= 0.6 is 0 Å². The van der Waals surface area contributed by atoms with Crippen molar-refractivity contribution in [3.8, 4) is 17.2 Å². The van der Waals surface area contributed by atoms with Crippen LogP contribution in [0.4, 0.5) is 0 Å². The molecule has 0 fully saturated rings. The van der Waals surface area contributed by atoms with Gasteiger partial charge in [-0.25, -0.2) is 5.43 Å². The van der Waals surface area contributed by atoms with E-state index in [2.05, 4.69) is 10.5 Å². The van der Waals surface area contributed by atoms with Gasteiger partial charge in [0, 0.05) is 5.56 Å². The molecule has 0 aliphatic heterocycles. The molecule has 0 saturated heterocycles. The second kappa shape index (κ2) is 9.52. The van der Waals surface area contributed by atoms with Crippen molar-refractivity contribution >= 4 is 22.2 Å². The molecule has 8 nitrogen and oxygen atoms in total. The molecule has 0 aliphatic carbocycles. The largest absolute Gasteiger partial charge is 0.508 e. The van der Waals surface area contributed by atoms with Crippen molar-refractivity contribution in [2.45, 2.75) is 18.7 Å². The predicted octanol–water partition coefficient (Wildman–Crippen LogP) is 3.55. The zero-order valence-electron chi connectivity index (χ0n) is 17.7. The normalized spacial score (nSPS) is 11.3. The minimum absolute atomic E-state index is 0.0266. The van der Waals surface area contributed by atoms with Gasteiger partial charge in [0.1, 0.15) is 10.6 Å². The van der Waals surface area contributed by atoms with Gasteiger partial charge in [-0.05, 0) is 79.1 Å². The van der Waals surface area contributed by atoms with Gasteiger partial charge in [0.15, 0.2) is 11.5 Å². The zero-order valence-corrected chi connectivity index (χ0v) is 18.5. The van der Waals surface area contributed by atoms with E-state index in [4.69, 9.17) is 8.92 Å². The van der Waals surface area contributed by atoms with Crippen LogP contribution in [0.5, 0.6) is 17.2 Å². The lowest BCUT2D eigenvalue weighted by Crippen LogP contribution is -2.17. The van der Waals surface area contributed by atoms with Crippen LogP contribution in [-0.2, 0) is 10.1 Å². The number of methoxy groups -OCH3 is 1. The van der Waals surface area contributed by atoms with E-state index in [0.717, 1.165) is 5.56 Å². The number of nitrogens with zero attached hydrogens (tertiary/aromatic N) is 1. The molecule has 9 heteroatoms. The van der Waals surface area contributed by atoms with Crippen LogP contribution in [0.15, 0.2) is 70.7 Å². The van der Waals surface area contributed by atoms with E-state index in [0.29, 0.717) is 16.7 Å². The first kappa shape index (κ1) is 22.8. The molecule has 3 rings (SSSR count). The number of hydrazone groups is 1. The number of carbonyl (C=O) groups is 1. The predicted molar refractivity (Wildman–Crippen MR) is 120 cm³/mol. The van der Waals surface area contributed by atoms with Gasteiger partial charge in [-0.3, -0.25) is 4.79 Å². The number of rotatable bonds is 7. The highest BCUT2D eigenvalue weighted by Crippen LogP contribution is 2.31. The summed E-state index contributed by atoms with van der Waals surface area (Å²) in [7, 11) is -2.67. The van der Waals surface area contributed by atoms with E-state index in [1.807, 2.05) is 6.07 Å². The molecule has 0 aromatic heterocycles. The van der Waals surface area contributed by atoms with E-state index in [9.17, 15) is 18.3 Å². The molecule has 0 aliphatic rings. The number of benzene rings is 3. The van der Waals surface area contributed by atoms with Crippen LogP contribution in [0, 0.1) is 13.8 Å². The van der Waals surface area contributed by atoms with E-state index in [1.165, 1.54) is 49.7 Å². The topological polar surface area (TPSA) is 114 Å². The Kier molecular flexibility index (Phi) is 6.79. The average molecular weight is 455 g/mol. The Labute approximate surface area is 186 Å². The fourth-order valence-corrected chi connectivity index (χ4v) is 4.07. The Balaban J connectivity index is 1.75. The third-order valence-corrected chi connectivity index (χ3v) is 5.89. The standard InChI is InChI=1S/C23H22N2O6S/c1-15-4-5-16(2)22(12-15)32(28,29)31-20-11-6-17(13-21(20)30-3)14-24-25-23(27)18-7-9-19(26)10-8-18/h4-14,26H,1-3H3,(H,25,27)/b24-14+. The summed E-state index contributed by atoms with van der Waals surface area (Å²) in [5, 5.41) is 13.2. The van der Waals surface area contributed by atoms with Crippen LogP contribution in [0.2, 0.25) is 0 Å². The van der Waals surface area contributed by atoms with Crippen molar-refractivity contribution in [3.63, 3.8) is 0 Å². The van der Waals surface area contributed by atoms with E-state index >= 15 is 0 Å². The van der Waals surface area contributed by atoms with Gasteiger partial charge >= 0.3 is 10.1 Å². The van der Waals surface area contributed by atoms with Gasteiger partial charge in [-0.1, -0.05) is 12.1 Å². The summed E-state index contributed by atoms with van der Waals surface area (Å²) in [6, 6.07) is 15.4. The van der Waals surface area contributed by atoms with Gasteiger partial charge in [-0.2, -0.15) is 13.5 Å². The second-order valence-corrected chi connectivity index (χ2v) is 8.48. The highest BCUT2D eigenvalue weighted by atomic mass is 32.2. The molecule has 0 spiro atoms. The number of ether oxygens (including phenoxy) is 1. The lowest BCUT2D eigenvalue weighted by molar-refractivity contribution is 0.0955. The molecule has 0 radical (unpaired) electrons. The fourth-order valence-electron chi connectivity index (χ4n) is 2.82. The first-order chi connectivity index (χ1) is 15.2. The van der Waals surface area contributed by atoms with E-state index < -0.39 is 16.0 Å². The summed E-state index contributed by atoms with van der Waals surface area (Å²) >= 11 is 0. The Bertz CT molecular complexity index is 1270. The highest BCUT2D eigenvalue weighted by Gasteiger charge is 2.21. The molecule has 0 heterocycles. The summed E-state index contributed by atoms with van der Waals surface area (Å²) in [6.45, 7) is 3.49. The molecule has 0 unspecified atom stereocenters. The minimum atomic E-state index is -4.06.